The van der Waals surface area contributed by atoms with Gasteiger partial charge in [-0.25, -0.2) is 5.43 Å². The third-order valence-electron chi connectivity index (χ3n) is 3.18. The summed E-state index contributed by atoms with van der Waals surface area (Å²) in [6, 6.07) is 12.4. The number of carbonyl (C=O) groups excluding carboxylic acids is 2. The van der Waals surface area contributed by atoms with Crippen molar-refractivity contribution < 1.29 is 9.59 Å². The van der Waals surface area contributed by atoms with E-state index in [1.807, 2.05) is 0 Å². The first-order chi connectivity index (χ1) is 12.5. The smallest absolute Gasteiger partial charge is 0.250 e. The van der Waals surface area contributed by atoms with Crippen molar-refractivity contribution in [2.45, 2.75) is 12.7 Å². The molecule has 8 heteroatoms. The first-order valence-electron chi connectivity index (χ1n) is 7.66. The molecule has 136 valence electrons. The summed E-state index contributed by atoms with van der Waals surface area (Å²) in [4.78, 5) is 22.8. The van der Waals surface area contributed by atoms with Crippen molar-refractivity contribution in [2.75, 3.05) is 11.1 Å². The Labute approximate surface area is 166 Å². The summed E-state index contributed by atoms with van der Waals surface area (Å²) in [7, 11) is 0. The fraction of sp³-hybridized carbons (Fsp3) is 0.167. The van der Waals surface area contributed by atoms with Crippen LogP contribution in [-0.4, -0.2) is 23.8 Å². The number of amides is 2. The van der Waals surface area contributed by atoms with Gasteiger partial charge in [0, 0.05) is 28.4 Å². The third kappa shape index (κ3) is 6.71. The van der Waals surface area contributed by atoms with Gasteiger partial charge in [0.25, 0.3) is 0 Å². The maximum Gasteiger partial charge on any atom is 0.250 e. The summed E-state index contributed by atoms with van der Waals surface area (Å²) in [5, 5.41) is 7.77. The number of rotatable bonds is 7. The lowest BCUT2D eigenvalue weighted by Crippen LogP contribution is -2.19. The molecule has 2 N–H and O–H groups in total. The molecule has 5 nitrogen and oxygen atoms in total. The van der Waals surface area contributed by atoms with E-state index in [2.05, 4.69) is 15.8 Å². The van der Waals surface area contributed by atoms with Crippen molar-refractivity contribution in [3.05, 3.63) is 63.6 Å². The minimum Gasteiger partial charge on any atom is -0.326 e. The number of hydrogen-bond acceptors (Lipinski definition) is 4. The molecule has 2 amide bonds. The van der Waals surface area contributed by atoms with Crippen molar-refractivity contribution in [3.63, 3.8) is 0 Å². The van der Waals surface area contributed by atoms with Gasteiger partial charge in [-0.15, -0.1) is 11.8 Å². The van der Waals surface area contributed by atoms with Gasteiger partial charge in [-0.05, 0) is 35.4 Å². The third-order valence-corrected chi connectivity index (χ3v) is 4.84. The molecule has 26 heavy (non-hydrogen) atoms. The van der Waals surface area contributed by atoms with Gasteiger partial charge in [-0.3, -0.25) is 9.59 Å². The summed E-state index contributed by atoms with van der Waals surface area (Å²) in [6.45, 7) is 1.45. The van der Waals surface area contributed by atoms with E-state index in [9.17, 15) is 9.59 Å². The Kier molecular flexibility index (Phi) is 7.97. The van der Waals surface area contributed by atoms with Crippen LogP contribution in [0.5, 0.6) is 0 Å². The van der Waals surface area contributed by atoms with E-state index in [4.69, 9.17) is 23.2 Å². The van der Waals surface area contributed by atoms with E-state index in [1.54, 1.807) is 42.5 Å². The van der Waals surface area contributed by atoms with Gasteiger partial charge in [-0.2, -0.15) is 5.10 Å². The number of nitrogens with zero attached hydrogens (tertiary/aromatic N) is 1. The van der Waals surface area contributed by atoms with Crippen molar-refractivity contribution in [2.24, 2.45) is 5.10 Å². The second-order valence-corrected chi connectivity index (χ2v) is 7.09. The fourth-order valence-corrected chi connectivity index (χ4v) is 3.54. The average Bonchev–Trinajstić information content (AvgIpc) is 2.58. The summed E-state index contributed by atoms with van der Waals surface area (Å²) in [5.74, 6) is 0.430. The van der Waals surface area contributed by atoms with E-state index in [0.29, 0.717) is 21.5 Å². The molecular weight excluding hydrogens is 393 g/mol. The van der Waals surface area contributed by atoms with Gasteiger partial charge < -0.3 is 5.32 Å². The molecular formula is C18H17Cl2N3O2S. The highest BCUT2D eigenvalue weighted by molar-refractivity contribution is 7.99. The molecule has 0 aromatic heterocycles. The van der Waals surface area contributed by atoms with Gasteiger partial charge in [-0.1, -0.05) is 41.4 Å². The molecule has 0 spiro atoms. The molecule has 2 rings (SSSR count). The fourth-order valence-electron chi connectivity index (χ4n) is 1.98. The number of benzene rings is 2. The minimum absolute atomic E-state index is 0.130. The largest absolute Gasteiger partial charge is 0.326 e. The van der Waals surface area contributed by atoms with Crippen LogP contribution in [0.15, 0.2) is 47.6 Å². The van der Waals surface area contributed by atoms with E-state index >= 15 is 0 Å². The van der Waals surface area contributed by atoms with Crippen LogP contribution in [0.3, 0.4) is 0 Å². The standard InChI is InChI=1S/C18H17Cl2N3O2S/c1-12(24)22-14-7-5-13(6-8-14)9-21-23-18(25)11-26-10-15-16(19)3-2-4-17(15)20/h2-9H,10-11H2,1H3,(H,22,24)(H,23,25)/b21-9+. The Morgan fingerprint density at radius 2 is 1.77 bits per heavy atom. The van der Waals surface area contributed by atoms with E-state index in [1.165, 1.54) is 24.9 Å². The van der Waals surface area contributed by atoms with Crippen LogP contribution in [-0.2, 0) is 15.3 Å². The first kappa shape index (κ1) is 20.3. The lowest BCUT2D eigenvalue weighted by Gasteiger charge is -2.06. The summed E-state index contributed by atoms with van der Waals surface area (Å²) in [5.41, 5.74) is 4.79. The predicted octanol–water partition coefficient (Wildman–Crippen LogP) is 4.34. The number of carbonyl (C=O) groups is 2. The molecule has 0 atom stereocenters. The minimum atomic E-state index is -0.218. The van der Waals surface area contributed by atoms with Gasteiger partial charge >= 0.3 is 0 Å². The quantitative estimate of drug-likeness (QED) is 0.527. The number of hydrazone groups is 1. The number of anilines is 1. The normalized spacial score (nSPS) is 10.7. The molecule has 2 aromatic rings. The first-order valence-corrected chi connectivity index (χ1v) is 9.57. The van der Waals surface area contributed by atoms with Crippen molar-refractivity contribution in [3.8, 4) is 0 Å². The molecule has 0 aliphatic carbocycles. The molecule has 0 aliphatic rings. The van der Waals surface area contributed by atoms with Crippen molar-refractivity contribution >= 4 is 58.7 Å². The van der Waals surface area contributed by atoms with Crippen molar-refractivity contribution in [1.82, 2.24) is 5.43 Å². The number of thioether (sulfide) groups is 1. The Hall–Kier alpha value is -2.02. The molecule has 0 saturated heterocycles. The zero-order valence-corrected chi connectivity index (χ0v) is 16.3. The van der Waals surface area contributed by atoms with Gasteiger partial charge in [0.1, 0.15) is 0 Å². The molecule has 0 aliphatic heterocycles. The molecule has 0 bridgehead atoms. The van der Waals surface area contributed by atoms with Crippen molar-refractivity contribution in [1.29, 1.82) is 0 Å². The molecule has 2 aromatic carbocycles. The van der Waals surface area contributed by atoms with Crippen LogP contribution >= 0.6 is 35.0 Å². The van der Waals surface area contributed by atoms with E-state index in [-0.39, 0.29) is 17.6 Å². The maximum absolute atomic E-state index is 11.8. The predicted molar refractivity (Wildman–Crippen MR) is 109 cm³/mol. The second kappa shape index (κ2) is 10.2. The Balaban J connectivity index is 1.76. The zero-order chi connectivity index (χ0) is 18.9. The molecule has 0 radical (unpaired) electrons. The second-order valence-electron chi connectivity index (χ2n) is 5.29. The average molecular weight is 410 g/mol. The van der Waals surface area contributed by atoms with Crippen LogP contribution < -0.4 is 10.7 Å². The van der Waals surface area contributed by atoms with Gasteiger partial charge in [0.2, 0.25) is 11.8 Å². The molecule has 0 fully saturated rings. The summed E-state index contributed by atoms with van der Waals surface area (Å²) < 4.78 is 0. The molecule has 0 heterocycles. The lowest BCUT2D eigenvalue weighted by molar-refractivity contribution is -0.118. The van der Waals surface area contributed by atoms with Crippen LogP contribution in [0.1, 0.15) is 18.1 Å². The van der Waals surface area contributed by atoms with Crippen LogP contribution in [0.25, 0.3) is 0 Å². The number of halogens is 2. The topological polar surface area (TPSA) is 70.6 Å². The zero-order valence-electron chi connectivity index (χ0n) is 14.0. The highest BCUT2D eigenvalue weighted by Crippen LogP contribution is 2.28. The monoisotopic (exact) mass is 409 g/mol. The molecule has 0 saturated carbocycles. The summed E-state index contributed by atoms with van der Waals surface area (Å²) >= 11 is 13.6. The Morgan fingerprint density at radius 3 is 2.38 bits per heavy atom. The van der Waals surface area contributed by atoms with Crippen LogP contribution in [0.2, 0.25) is 10.0 Å². The highest BCUT2D eigenvalue weighted by atomic mass is 35.5. The van der Waals surface area contributed by atoms with Crippen LogP contribution in [0, 0.1) is 0 Å². The van der Waals surface area contributed by atoms with E-state index < -0.39 is 0 Å². The number of hydrogen-bond donors (Lipinski definition) is 2. The van der Waals surface area contributed by atoms with Gasteiger partial charge in [0.15, 0.2) is 0 Å². The number of nitrogens with one attached hydrogen (secondary N) is 2. The van der Waals surface area contributed by atoms with Crippen LogP contribution in [0.4, 0.5) is 5.69 Å². The van der Waals surface area contributed by atoms with E-state index in [0.717, 1.165) is 11.1 Å². The maximum atomic E-state index is 11.8. The van der Waals surface area contributed by atoms with Gasteiger partial charge in [0.05, 0.1) is 12.0 Å². The molecule has 0 unspecified atom stereocenters. The summed E-state index contributed by atoms with van der Waals surface area (Å²) in [6.07, 6.45) is 1.53. The Bertz CT molecular complexity index is 790. The highest BCUT2D eigenvalue weighted by Gasteiger charge is 2.07. The SMILES string of the molecule is CC(=O)Nc1ccc(/C=N/NC(=O)CSCc2c(Cl)cccc2Cl)cc1. The lowest BCUT2D eigenvalue weighted by atomic mass is 10.2. The Morgan fingerprint density at radius 1 is 1.12 bits per heavy atom.